The Kier molecular flexibility index (Phi) is 6.14. The lowest BCUT2D eigenvalue weighted by Gasteiger charge is -2.20. The van der Waals surface area contributed by atoms with Crippen LogP contribution in [0.25, 0.3) is 0 Å². The van der Waals surface area contributed by atoms with E-state index in [2.05, 4.69) is 15.5 Å². The summed E-state index contributed by atoms with van der Waals surface area (Å²) >= 11 is 0.989. The lowest BCUT2D eigenvalue weighted by atomic mass is 10.1. The van der Waals surface area contributed by atoms with Crippen LogP contribution in [0.4, 0.5) is 5.13 Å². The number of nitrogens with one attached hydrogen (secondary N) is 3. The molecule has 0 aromatic carbocycles. The third-order valence-corrected chi connectivity index (χ3v) is 3.06. The number of aliphatic carboxylic acids is 1. The third-order valence-electron chi connectivity index (χ3n) is 2.29. The zero-order valence-electron chi connectivity index (χ0n) is 12.0. The molecule has 1 heterocycles. The van der Waals surface area contributed by atoms with Gasteiger partial charge in [-0.25, -0.2) is 9.78 Å². The van der Waals surface area contributed by atoms with E-state index in [0.29, 0.717) is 6.41 Å². The maximum Gasteiger partial charge on any atom is 0.360 e. The molecule has 12 heteroatoms. The zero-order valence-corrected chi connectivity index (χ0v) is 12.8. The Morgan fingerprint density at radius 3 is 2.65 bits per heavy atom. The minimum absolute atomic E-state index is 0.0472. The number of carbonyl (C=O) groups excluding carboxylic acids is 3. The molecule has 0 aliphatic heterocycles. The van der Waals surface area contributed by atoms with Crippen LogP contribution >= 0.6 is 11.3 Å². The molecular weight excluding hydrogens is 330 g/mol. The molecule has 0 aliphatic carbocycles. The van der Waals surface area contributed by atoms with Crippen molar-refractivity contribution in [3.8, 4) is 0 Å². The third kappa shape index (κ3) is 5.03. The lowest BCUT2D eigenvalue weighted by Crippen LogP contribution is -2.49. The fourth-order valence-electron chi connectivity index (χ4n) is 1.14. The number of carbonyl (C=O) groups is 4. The molecule has 0 fully saturated rings. The molecule has 0 atom stereocenters. The monoisotopic (exact) mass is 343 g/mol. The Labute approximate surface area is 133 Å². The van der Waals surface area contributed by atoms with Crippen molar-refractivity contribution >= 4 is 46.9 Å². The number of anilines is 1. The Hall–Kier alpha value is -3.02. The Balaban J connectivity index is 2.94. The maximum absolute atomic E-state index is 11.7. The van der Waals surface area contributed by atoms with Gasteiger partial charge in [0, 0.05) is 5.38 Å². The summed E-state index contributed by atoms with van der Waals surface area (Å²) in [6.45, 7) is 2.64. The molecule has 1 aromatic rings. The van der Waals surface area contributed by atoms with Gasteiger partial charge in [-0.2, -0.15) is 0 Å². The van der Waals surface area contributed by atoms with Gasteiger partial charge in [-0.15, -0.1) is 11.3 Å². The molecule has 0 unspecified atom stereocenters. The van der Waals surface area contributed by atoms with E-state index in [1.54, 1.807) is 0 Å². The van der Waals surface area contributed by atoms with Crippen molar-refractivity contribution in [2.24, 2.45) is 5.16 Å². The second-order valence-electron chi connectivity index (χ2n) is 4.36. The van der Waals surface area contributed by atoms with Crippen LogP contribution in [0.5, 0.6) is 0 Å². The average molecular weight is 343 g/mol. The fraction of sp³-hybridized carbons (Fsp3) is 0.273. The minimum Gasteiger partial charge on any atom is -0.476 e. The molecule has 3 amide bonds. The van der Waals surface area contributed by atoms with Crippen molar-refractivity contribution < 1.29 is 29.1 Å². The van der Waals surface area contributed by atoms with Crippen molar-refractivity contribution in [3.05, 3.63) is 11.1 Å². The molecule has 23 heavy (non-hydrogen) atoms. The van der Waals surface area contributed by atoms with Crippen LogP contribution in [-0.4, -0.2) is 46.1 Å². The molecule has 4 N–H and O–H groups in total. The summed E-state index contributed by atoms with van der Waals surface area (Å²) in [6, 6.07) is 0. The number of carboxylic acid groups (broad SMARTS) is 1. The van der Waals surface area contributed by atoms with Gasteiger partial charge in [0.05, 0.1) is 0 Å². The Morgan fingerprint density at radius 1 is 1.39 bits per heavy atom. The molecular formula is C11H13N5O6S. The number of hydrogen-bond acceptors (Lipinski definition) is 8. The van der Waals surface area contributed by atoms with E-state index in [4.69, 9.17) is 9.94 Å². The molecule has 0 saturated carbocycles. The van der Waals surface area contributed by atoms with E-state index in [-0.39, 0.29) is 17.2 Å². The fourth-order valence-corrected chi connectivity index (χ4v) is 1.80. The highest BCUT2D eigenvalue weighted by atomic mass is 32.1. The van der Waals surface area contributed by atoms with Crippen LogP contribution in [0.15, 0.2) is 10.5 Å². The van der Waals surface area contributed by atoms with Gasteiger partial charge in [0.2, 0.25) is 24.1 Å². The summed E-state index contributed by atoms with van der Waals surface area (Å²) < 4.78 is 0. The highest BCUT2D eigenvalue weighted by molar-refractivity contribution is 7.14. The van der Waals surface area contributed by atoms with Gasteiger partial charge in [-0.1, -0.05) is 5.16 Å². The average Bonchev–Trinajstić information content (AvgIpc) is 2.93. The molecule has 1 rings (SSSR count). The van der Waals surface area contributed by atoms with Gasteiger partial charge in [0.1, 0.15) is 5.69 Å². The van der Waals surface area contributed by atoms with Gasteiger partial charge in [-0.3, -0.25) is 25.2 Å². The van der Waals surface area contributed by atoms with E-state index in [1.807, 2.05) is 10.9 Å². The van der Waals surface area contributed by atoms with Gasteiger partial charge in [0.15, 0.2) is 5.13 Å². The first kappa shape index (κ1) is 18.0. The van der Waals surface area contributed by atoms with E-state index in [1.165, 1.54) is 19.2 Å². The van der Waals surface area contributed by atoms with Crippen molar-refractivity contribution in [2.45, 2.75) is 19.4 Å². The topological polar surface area (TPSA) is 159 Å². The number of amides is 3. The van der Waals surface area contributed by atoms with E-state index < -0.39 is 23.2 Å². The van der Waals surface area contributed by atoms with Gasteiger partial charge < -0.3 is 15.3 Å². The number of hydrogen-bond donors (Lipinski definition) is 4. The standard InChI is InChI=1S/C11H13N5O6S/c1-11(2,9(21)15-13-5-18)22-16-7(8(19)20)6-3-23-10(14-6)12-4-17/h3-5H,1-2H3,(H,13,18)(H,15,21)(H,19,20)(H,12,14,17). The van der Waals surface area contributed by atoms with Crippen LogP contribution in [0.1, 0.15) is 19.5 Å². The second kappa shape index (κ2) is 7.84. The zero-order chi connectivity index (χ0) is 17.5. The second-order valence-corrected chi connectivity index (χ2v) is 5.22. The molecule has 124 valence electrons. The van der Waals surface area contributed by atoms with E-state index in [9.17, 15) is 19.2 Å². The van der Waals surface area contributed by atoms with Crippen molar-refractivity contribution in [1.29, 1.82) is 0 Å². The Bertz CT molecular complexity index is 641. The number of oxime groups is 1. The van der Waals surface area contributed by atoms with Crippen LogP contribution < -0.4 is 16.2 Å². The predicted octanol–water partition coefficient (Wildman–Crippen LogP) is -0.927. The van der Waals surface area contributed by atoms with Crippen molar-refractivity contribution in [1.82, 2.24) is 15.8 Å². The van der Waals surface area contributed by atoms with E-state index >= 15 is 0 Å². The first-order chi connectivity index (χ1) is 10.8. The van der Waals surface area contributed by atoms with Crippen LogP contribution in [0.2, 0.25) is 0 Å². The van der Waals surface area contributed by atoms with Crippen LogP contribution in [0, 0.1) is 0 Å². The first-order valence-electron chi connectivity index (χ1n) is 5.97. The normalized spacial score (nSPS) is 11.3. The van der Waals surface area contributed by atoms with Gasteiger partial charge >= 0.3 is 5.97 Å². The number of hydrazine groups is 1. The number of rotatable bonds is 9. The first-order valence-corrected chi connectivity index (χ1v) is 6.85. The summed E-state index contributed by atoms with van der Waals surface area (Å²) in [7, 11) is 0. The molecule has 1 aromatic heterocycles. The summed E-state index contributed by atoms with van der Waals surface area (Å²) in [5.74, 6) is -2.19. The summed E-state index contributed by atoms with van der Waals surface area (Å²) in [5, 5.41) is 16.4. The largest absolute Gasteiger partial charge is 0.476 e. The molecule has 0 spiro atoms. The minimum atomic E-state index is -1.56. The van der Waals surface area contributed by atoms with Gasteiger partial charge in [0.25, 0.3) is 5.91 Å². The van der Waals surface area contributed by atoms with Gasteiger partial charge in [-0.05, 0) is 13.8 Å². The summed E-state index contributed by atoms with van der Waals surface area (Å²) in [4.78, 5) is 52.2. The predicted molar refractivity (Wildman–Crippen MR) is 78.5 cm³/mol. The lowest BCUT2D eigenvalue weighted by molar-refractivity contribution is -0.145. The summed E-state index contributed by atoms with van der Waals surface area (Å²) in [5.41, 5.74) is 1.80. The highest BCUT2D eigenvalue weighted by Gasteiger charge is 2.31. The number of carboxylic acids is 1. The number of aromatic nitrogens is 1. The summed E-state index contributed by atoms with van der Waals surface area (Å²) in [6.07, 6.45) is 0.640. The molecule has 0 bridgehead atoms. The number of thiazole rings is 1. The molecule has 0 saturated heterocycles. The smallest absolute Gasteiger partial charge is 0.360 e. The highest BCUT2D eigenvalue weighted by Crippen LogP contribution is 2.17. The molecule has 11 nitrogen and oxygen atoms in total. The van der Waals surface area contributed by atoms with Crippen molar-refractivity contribution in [3.63, 3.8) is 0 Å². The molecule has 0 radical (unpaired) electrons. The van der Waals surface area contributed by atoms with Crippen LogP contribution in [-0.2, 0) is 24.0 Å². The van der Waals surface area contributed by atoms with E-state index in [0.717, 1.165) is 11.3 Å². The van der Waals surface area contributed by atoms with Crippen molar-refractivity contribution in [2.75, 3.05) is 5.32 Å². The molecule has 0 aliphatic rings. The maximum atomic E-state index is 11.7. The SMILES string of the molecule is CC(C)(ON=C(C(=O)O)c1csc(NC=O)n1)C(=O)NNC=O. The quantitative estimate of drug-likeness (QED) is 0.256. The van der Waals surface area contributed by atoms with Crippen LogP contribution in [0.3, 0.4) is 0 Å². The number of nitrogens with zero attached hydrogens (tertiary/aromatic N) is 2. The Morgan fingerprint density at radius 2 is 2.09 bits per heavy atom.